The predicted octanol–water partition coefficient (Wildman–Crippen LogP) is 0.428. The largest absolute Gasteiger partial charge is 0.347 e. The van der Waals surface area contributed by atoms with Crippen LogP contribution in [0.5, 0.6) is 0 Å². The number of hydrogen-bond donors (Lipinski definition) is 0. The Morgan fingerprint density at radius 1 is 1.29 bits per heavy atom. The van der Waals surface area contributed by atoms with Crippen LogP contribution in [0.2, 0.25) is 0 Å². The van der Waals surface area contributed by atoms with Gasteiger partial charge in [0.15, 0.2) is 0 Å². The van der Waals surface area contributed by atoms with E-state index in [1.54, 1.807) is 14.1 Å². The molecule has 0 unspecified atom stereocenters. The lowest BCUT2D eigenvalue weighted by Gasteiger charge is -2.08. The van der Waals surface area contributed by atoms with E-state index in [4.69, 9.17) is 0 Å². The van der Waals surface area contributed by atoms with Crippen LogP contribution in [0, 0.1) is 0 Å². The Labute approximate surface area is 98.9 Å². The Hall–Kier alpha value is -2.24. The minimum Gasteiger partial charge on any atom is -0.347 e. The maximum Gasteiger partial charge on any atom is 0.245 e. The van der Waals surface area contributed by atoms with Gasteiger partial charge >= 0.3 is 0 Å². The third-order valence-electron chi connectivity index (χ3n) is 2.26. The van der Waals surface area contributed by atoms with Crippen molar-refractivity contribution < 1.29 is 4.79 Å². The second-order valence-electron chi connectivity index (χ2n) is 3.80. The first-order valence-corrected chi connectivity index (χ1v) is 5.20. The van der Waals surface area contributed by atoms with Crippen LogP contribution in [-0.4, -0.2) is 45.1 Å². The van der Waals surface area contributed by atoms with Gasteiger partial charge in [-0.2, -0.15) is 4.80 Å². The van der Waals surface area contributed by atoms with Gasteiger partial charge in [0.1, 0.15) is 6.54 Å². The first-order chi connectivity index (χ1) is 8.16. The molecule has 0 N–H and O–H groups in total. The lowest BCUT2D eigenvalue weighted by molar-refractivity contribution is -0.129. The van der Waals surface area contributed by atoms with Gasteiger partial charge in [0, 0.05) is 19.7 Å². The number of benzene rings is 1. The second-order valence-corrected chi connectivity index (χ2v) is 3.80. The van der Waals surface area contributed by atoms with E-state index in [2.05, 4.69) is 15.4 Å². The molecule has 1 aromatic heterocycles. The molecular weight excluding hydrogens is 218 g/mol. The summed E-state index contributed by atoms with van der Waals surface area (Å²) >= 11 is 0. The smallest absolute Gasteiger partial charge is 0.245 e. The molecule has 0 spiro atoms. The Kier molecular flexibility index (Phi) is 3.13. The molecule has 0 aliphatic heterocycles. The second kappa shape index (κ2) is 4.73. The number of carbonyl (C=O) groups is 1. The molecule has 88 valence electrons. The summed E-state index contributed by atoms with van der Waals surface area (Å²) in [4.78, 5) is 14.2. The van der Waals surface area contributed by atoms with E-state index >= 15 is 0 Å². The highest BCUT2D eigenvalue weighted by atomic mass is 16.2. The van der Waals surface area contributed by atoms with Crippen molar-refractivity contribution in [2.45, 2.75) is 6.54 Å². The SMILES string of the molecule is CN(C)C(=O)Cn1nnc(-c2ccccc2)n1. The van der Waals surface area contributed by atoms with Gasteiger partial charge in [-0.15, -0.1) is 10.2 Å². The van der Waals surface area contributed by atoms with Crippen LogP contribution in [0.3, 0.4) is 0 Å². The summed E-state index contributed by atoms with van der Waals surface area (Å²) in [6, 6.07) is 9.52. The summed E-state index contributed by atoms with van der Waals surface area (Å²) in [6.07, 6.45) is 0. The van der Waals surface area contributed by atoms with Crippen LogP contribution < -0.4 is 0 Å². The van der Waals surface area contributed by atoms with Crippen molar-refractivity contribution in [1.82, 2.24) is 25.1 Å². The summed E-state index contributed by atoms with van der Waals surface area (Å²) in [6.45, 7) is 0.104. The number of nitrogens with zero attached hydrogens (tertiary/aromatic N) is 5. The van der Waals surface area contributed by atoms with Gasteiger partial charge in [0.05, 0.1) is 0 Å². The number of aromatic nitrogens is 4. The van der Waals surface area contributed by atoms with E-state index in [0.717, 1.165) is 5.56 Å². The summed E-state index contributed by atoms with van der Waals surface area (Å²) in [5.74, 6) is 0.458. The van der Waals surface area contributed by atoms with Gasteiger partial charge < -0.3 is 4.90 Å². The molecule has 0 aliphatic carbocycles. The zero-order chi connectivity index (χ0) is 12.3. The van der Waals surface area contributed by atoms with Crippen molar-refractivity contribution in [3.05, 3.63) is 30.3 Å². The van der Waals surface area contributed by atoms with Crippen LogP contribution >= 0.6 is 0 Å². The topological polar surface area (TPSA) is 63.9 Å². The van der Waals surface area contributed by atoms with E-state index < -0.39 is 0 Å². The molecule has 0 aliphatic rings. The number of hydrogen-bond acceptors (Lipinski definition) is 4. The molecule has 0 saturated heterocycles. The van der Waals surface area contributed by atoms with E-state index in [9.17, 15) is 4.79 Å². The van der Waals surface area contributed by atoms with Crippen LogP contribution in [0.25, 0.3) is 11.4 Å². The van der Waals surface area contributed by atoms with Gasteiger partial charge in [-0.05, 0) is 5.21 Å². The molecule has 1 aromatic carbocycles. The van der Waals surface area contributed by atoms with Gasteiger partial charge in [0.25, 0.3) is 0 Å². The average molecular weight is 231 g/mol. The summed E-state index contributed by atoms with van der Waals surface area (Å²) in [5.41, 5.74) is 0.885. The normalized spacial score (nSPS) is 10.2. The minimum atomic E-state index is -0.0676. The fraction of sp³-hybridized carbons (Fsp3) is 0.273. The van der Waals surface area contributed by atoms with Crippen molar-refractivity contribution in [3.8, 4) is 11.4 Å². The van der Waals surface area contributed by atoms with E-state index in [1.165, 1.54) is 9.70 Å². The Bertz CT molecular complexity index is 506. The maximum atomic E-state index is 11.5. The van der Waals surface area contributed by atoms with Crippen molar-refractivity contribution in [2.75, 3.05) is 14.1 Å². The van der Waals surface area contributed by atoms with Crippen molar-refractivity contribution >= 4 is 5.91 Å². The third kappa shape index (κ3) is 2.66. The molecule has 17 heavy (non-hydrogen) atoms. The highest BCUT2D eigenvalue weighted by molar-refractivity contribution is 5.75. The fourth-order valence-electron chi connectivity index (χ4n) is 1.28. The molecule has 2 rings (SSSR count). The Morgan fingerprint density at radius 3 is 2.65 bits per heavy atom. The highest BCUT2D eigenvalue weighted by Gasteiger charge is 2.09. The Morgan fingerprint density at radius 2 is 2.00 bits per heavy atom. The van der Waals surface area contributed by atoms with E-state index in [0.29, 0.717) is 5.82 Å². The number of rotatable bonds is 3. The third-order valence-corrected chi connectivity index (χ3v) is 2.26. The van der Waals surface area contributed by atoms with Crippen molar-refractivity contribution in [2.24, 2.45) is 0 Å². The predicted molar refractivity (Wildman–Crippen MR) is 61.9 cm³/mol. The molecule has 6 nitrogen and oxygen atoms in total. The van der Waals surface area contributed by atoms with Gasteiger partial charge in [-0.3, -0.25) is 4.79 Å². The molecule has 1 amide bonds. The van der Waals surface area contributed by atoms with Crippen LogP contribution in [0.15, 0.2) is 30.3 Å². The monoisotopic (exact) mass is 231 g/mol. The zero-order valence-corrected chi connectivity index (χ0v) is 9.74. The van der Waals surface area contributed by atoms with Gasteiger partial charge in [-0.1, -0.05) is 30.3 Å². The number of carbonyl (C=O) groups excluding carboxylic acids is 1. The first-order valence-electron chi connectivity index (χ1n) is 5.20. The van der Waals surface area contributed by atoms with Crippen LogP contribution in [0.1, 0.15) is 0 Å². The number of amides is 1. The van der Waals surface area contributed by atoms with Crippen LogP contribution in [0.4, 0.5) is 0 Å². The molecule has 0 fully saturated rings. The lowest BCUT2D eigenvalue weighted by atomic mass is 10.2. The Balaban J connectivity index is 2.14. The molecule has 2 aromatic rings. The van der Waals surface area contributed by atoms with Gasteiger partial charge in [0.2, 0.25) is 11.7 Å². The molecule has 1 heterocycles. The summed E-state index contributed by atoms with van der Waals surface area (Å²) in [5, 5.41) is 11.9. The van der Waals surface area contributed by atoms with Crippen molar-refractivity contribution in [1.29, 1.82) is 0 Å². The highest BCUT2D eigenvalue weighted by Crippen LogP contribution is 2.11. The standard InChI is InChI=1S/C11H13N5O/c1-15(2)10(17)8-16-13-11(12-14-16)9-6-4-3-5-7-9/h3-7H,8H2,1-2H3. The van der Waals surface area contributed by atoms with Crippen LogP contribution in [-0.2, 0) is 11.3 Å². The van der Waals surface area contributed by atoms with Gasteiger partial charge in [-0.25, -0.2) is 0 Å². The molecule has 0 saturated carbocycles. The zero-order valence-electron chi connectivity index (χ0n) is 9.74. The number of tetrazole rings is 1. The quantitative estimate of drug-likeness (QED) is 0.768. The lowest BCUT2D eigenvalue weighted by Crippen LogP contribution is -2.27. The summed E-state index contributed by atoms with van der Waals surface area (Å²) in [7, 11) is 3.38. The molecule has 0 bridgehead atoms. The summed E-state index contributed by atoms with van der Waals surface area (Å²) < 4.78 is 0. The maximum absolute atomic E-state index is 11.5. The minimum absolute atomic E-state index is 0.0676. The molecule has 0 radical (unpaired) electrons. The molecular formula is C11H13N5O. The van der Waals surface area contributed by atoms with E-state index in [1.807, 2.05) is 30.3 Å². The first kappa shape index (κ1) is 11.3. The number of likely N-dealkylation sites (N-methyl/N-ethyl adjacent to an activating group) is 1. The van der Waals surface area contributed by atoms with Crippen molar-refractivity contribution in [3.63, 3.8) is 0 Å². The molecule has 6 heteroatoms. The van der Waals surface area contributed by atoms with E-state index in [-0.39, 0.29) is 12.5 Å². The molecule has 0 atom stereocenters. The fourth-order valence-corrected chi connectivity index (χ4v) is 1.28. The average Bonchev–Trinajstić information content (AvgIpc) is 2.78.